The second-order valence-electron chi connectivity index (χ2n) is 7.99. The van der Waals surface area contributed by atoms with Crippen LogP contribution in [0.2, 0.25) is 0 Å². The first-order valence-electron chi connectivity index (χ1n) is 9.84. The van der Waals surface area contributed by atoms with Gasteiger partial charge in [0.15, 0.2) is 0 Å². The molecular formula is C19H30N6O2. The molecule has 0 bridgehead atoms. The molecule has 0 aromatic carbocycles. The zero-order chi connectivity index (χ0) is 19.6. The molecule has 3 aliphatic heterocycles. The molecule has 2 fully saturated rings. The highest BCUT2D eigenvalue weighted by Gasteiger charge is 2.39. The molecule has 2 saturated heterocycles. The number of nitriles is 1. The van der Waals surface area contributed by atoms with E-state index in [2.05, 4.69) is 39.8 Å². The zero-order valence-electron chi connectivity index (χ0n) is 16.3. The van der Waals surface area contributed by atoms with Crippen LogP contribution in [0.5, 0.6) is 0 Å². The first-order chi connectivity index (χ1) is 12.9. The Kier molecular flexibility index (Phi) is 6.15. The van der Waals surface area contributed by atoms with Crippen LogP contribution in [0, 0.1) is 17.2 Å². The van der Waals surface area contributed by atoms with Crippen molar-refractivity contribution in [2.45, 2.75) is 76.7 Å². The van der Waals surface area contributed by atoms with Crippen LogP contribution < -0.4 is 26.8 Å². The first-order valence-corrected chi connectivity index (χ1v) is 9.84. The monoisotopic (exact) mass is 374 g/mol. The fraction of sp³-hybridized carbons (Fsp3) is 0.737. The maximum Gasteiger partial charge on any atom is 0.247 e. The van der Waals surface area contributed by atoms with Gasteiger partial charge in [-0.05, 0) is 46.6 Å². The highest BCUT2D eigenvalue weighted by molar-refractivity contribution is 6.00. The minimum atomic E-state index is -0.193. The lowest BCUT2D eigenvalue weighted by molar-refractivity contribution is -0.124. The lowest BCUT2D eigenvalue weighted by Gasteiger charge is -2.42. The number of carbonyl (C=O) groups excluding carboxylic acids is 2. The largest absolute Gasteiger partial charge is 0.352 e. The van der Waals surface area contributed by atoms with Crippen molar-refractivity contribution in [3.05, 3.63) is 11.1 Å². The molecule has 148 valence electrons. The number of nitrogens with zero attached hydrogens (tertiary/aromatic N) is 1. The van der Waals surface area contributed by atoms with Gasteiger partial charge >= 0.3 is 0 Å². The van der Waals surface area contributed by atoms with Gasteiger partial charge in [0, 0.05) is 35.7 Å². The minimum Gasteiger partial charge on any atom is -0.352 e. The normalized spacial score (nSPS) is 34.9. The van der Waals surface area contributed by atoms with Crippen LogP contribution in [0.25, 0.3) is 0 Å². The summed E-state index contributed by atoms with van der Waals surface area (Å²) in [6, 6.07) is 2.39. The summed E-state index contributed by atoms with van der Waals surface area (Å²) in [4.78, 5) is 25.1. The predicted molar refractivity (Wildman–Crippen MR) is 101 cm³/mol. The van der Waals surface area contributed by atoms with Crippen LogP contribution in [0.15, 0.2) is 11.1 Å². The van der Waals surface area contributed by atoms with E-state index in [9.17, 15) is 9.59 Å². The number of piperidine rings is 1. The van der Waals surface area contributed by atoms with Crippen molar-refractivity contribution in [2.24, 2.45) is 5.92 Å². The molecule has 3 rings (SSSR count). The highest BCUT2D eigenvalue weighted by Crippen LogP contribution is 2.32. The Bertz CT molecular complexity index is 662. The van der Waals surface area contributed by atoms with E-state index >= 15 is 0 Å². The molecule has 0 aromatic heterocycles. The van der Waals surface area contributed by atoms with E-state index in [4.69, 9.17) is 5.26 Å². The smallest absolute Gasteiger partial charge is 0.247 e. The molecule has 8 heteroatoms. The van der Waals surface area contributed by atoms with Gasteiger partial charge < -0.3 is 16.0 Å². The summed E-state index contributed by atoms with van der Waals surface area (Å²) in [6.07, 6.45) is 2.56. The standard InChI is InChI=1S/C19H30N6O2/c1-10-14(19(27)23-16-6-7-21-12(3)18(10)16)8-17(26)22-11(2)15-5-4-13(9-20)24-25-15/h11-13,15-16,18,21,24-25H,4-8H2,1-3H3,(H,22,26)(H,23,27)/t11-,12?,13?,15?,16?,18?/m0/s1. The summed E-state index contributed by atoms with van der Waals surface area (Å²) < 4.78 is 0. The molecule has 5 unspecified atom stereocenters. The third-order valence-corrected chi connectivity index (χ3v) is 6.16. The summed E-state index contributed by atoms with van der Waals surface area (Å²) in [6.45, 7) is 6.96. The van der Waals surface area contributed by atoms with Gasteiger partial charge in [0.05, 0.1) is 12.5 Å². The molecule has 27 heavy (non-hydrogen) atoms. The quantitative estimate of drug-likeness (QED) is 0.467. The van der Waals surface area contributed by atoms with Crippen LogP contribution >= 0.6 is 0 Å². The summed E-state index contributed by atoms with van der Waals surface area (Å²) >= 11 is 0. The Morgan fingerprint density at radius 2 is 2.11 bits per heavy atom. The zero-order valence-corrected chi connectivity index (χ0v) is 16.3. The maximum atomic E-state index is 12.6. The lowest BCUT2D eigenvalue weighted by atomic mass is 9.76. The summed E-state index contributed by atoms with van der Waals surface area (Å²) in [7, 11) is 0. The van der Waals surface area contributed by atoms with Crippen molar-refractivity contribution in [1.29, 1.82) is 5.26 Å². The Morgan fingerprint density at radius 1 is 1.33 bits per heavy atom. The van der Waals surface area contributed by atoms with Gasteiger partial charge in [-0.1, -0.05) is 5.57 Å². The summed E-state index contributed by atoms with van der Waals surface area (Å²) in [5.74, 6) is -0.0187. The third kappa shape index (κ3) is 4.32. The maximum absolute atomic E-state index is 12.6. The number of carbonyl (C=O) groups is 2. The number of hydrogen-bond acceptors (Lipinski definition) is 6. The second kappa shape index (κ2) is 8.38. The van der Waals surface area contributed by atoms with E-state index in [0.29, 0.717) is 5.57 Å². The summed E-state index contributed by atoms with van der Waals surface area (Å²) in [5.41, 5.74) is 7.69. The van der Waals surface area contributed by atoms with Crippen molar-refractivity contribution in [1.82, 2.24) is 26.8 Å². The third-order valence-electron chi connectivity index (χ3n) is 6.16. The Balaban J connectivity index is 1.60. The molecule has 2 amide bonds. The SMILES string of the molecule is CC1=C(CC(=O)N[C@@H](C)C2CCC(C#N)NN2)C(=O)NC2CCNC(C)C12. The molecule has 6 atom stereocenters. The first kappa shape index (κ1) is 19.8. The molecule has 5 N–H and O–H groups in total. The molecule has 0 spiro atoms. The van der Waals surface area contributed by atoms with E-state index < -0.39 is 0 Å². The van der Waals surface area contributed by atoms with Crippen LogP contribution in [0.3, 0.4) is 0 Å². The van der Waals surface area contributed by atoms with E-state index in [1.54, 1.807) is 0 Å². The van der Waals surface area contributed by atoms with Gasteiger partial charge in [-0.25, -0.2) is 5.43 Å². The van der Waals surface area contributed by atoms with Crippen molar-refractivity contribution in [2.75, 3.05) is 6.54 Å². The van der Waals surface area contributed by atoms with Crippen LogP contribution in [-0.2, 0) is 9.59 Å². The van der Waals surface area contributed by atoms with Gasteiger partial charge in [0.2, 0.25) is 11.8 Å². The topological polar surface area (TPSA) is 118 Å². The van der Waals surface area contributed by atoms with Gasteiger partial charge in [-0.15, -0.1) is 0 Å². The number of rotatable bonds is 4. The fourth-order valence-electron chi connectivity index (χ4n) is 4.55. The van der Waals surface area contributed by atoms with Crippen molar-refractivity contribution >= 4 is 11.8 Å². The molecule has 8 nitrogen and oxygen atoms in total. The molecule has 0 radical (unpaired) electrons. The summed E-state index contributed by atoms with van der Waals surface area (Å²) in [5, 5.41) is 18.5. The number of nitrogens with one attached hydrogen (secondary N) is 5. The van der Waals surface area contributed by atoms with Crippen LogP contribution in [0.1, 0.15) is 46.5 Å². The van der Waals surface area contributed by atoms with Gasteiger partial charge in [0.25, 0.3) is 0 Å². The Morgan fingerprint density at radius 3 is 2.78 bits per heavy atom. The highest BCUT2D eigenvalue weighted by atomic mass is 16.2. The molecule has 0 aliphatic carbocycles. The van der Waals surface area contributed by atoms with E-state index in [1.807, 2.05) is 13.8 Å². The number of amides is 2. The molecule has 0 saturated carbocycles. The van der Waals surface area contributed by atoms with Crippen molar-refractivity contribution in [3.63, 3.8) is 0 Å². The molecule has 3 heterocycles. The van der Waals surface area contributed by atoms with Gasteiger partial charge in [0.1, 0.15) is 6.04 Å². The molecular weight excluding hydrogens is 344 g/mol. The average molecular weight is 374 g/mol. The number of fused-ring (bicyclic) bond motifs is 1. The van der Waals surface area contributed by atoms with Crippen molar-refractivity contribution < 1.29 is 9.59 Å². The van der Waals surface area contributed by atoms with Crippen molar-refractivity contribution in [3.8, 4) is 6.07 Å². The van der Waals surface area contributed by atoms with Crippen LogP contribution in [-0.4, -0.2) is 48.6 Å². The number of hydrazine groups is 1. The lowest BCUT2D eigenvalue weighted by Crippen LogP contribution is -2.59. The Hall–Kier alpha value is -1.95. The van der Waals surface area contributed by atoms with E-state index in [1.165, 1.54) is 0 Å². The molecule has 3 aliphatic rings. The van der Waals surface area contributed by atoms with Gasteiger partial charge in [-0.3, -0.25) is 15.0 Å². The van der Waals surface area contributed by atoms with Crippen LogP contribution in [0.4, 0.5) is 0 Å². The average Bonchev–Trinajstić information content (AvgIpc) is 2.65. The predicted octanol–water partition coefficient (Wildman–Crippen LogP) is -0.157. The molecule has 0 aromatic rings. The van der Waals surface area contributed by atoms with E-state index in [-0.39, 0.29) is 54.4 Å². The van der Waals surface area contributed by atoms with Gasteiger partial charge in [-0.2, -0.15) is 5.26 Å². The Labute approximate surface area is 160 Å². The minimum absolute atomic E-state index is 0.0563. The number of hydrogen-bond donors (Lipinski definition) is 5. The second-order valence-corrected chi connectivity index (χ2v) is 7.99. The van der Waals surface area contributed by atoms with E-state index in [0.717, 1.165) is 31.4 Å². The fourth-order valence-corrected chi connectivity index (χ4v) is 4.55.